The maximum absolute atomic E-state index is 12.5. The van der Waals surface area contributed by atoms with Gasteiger partial charge in [-0.05, 0) is 61.1 Å². The van der Waals surface area contributed by atoms with Gasteiger partial charge in [0.05, 0.1) is 36.3 Å². The number of carbonyl (C=O) groups is 1. The van der Waals surface area contributed by atoms with Gasteiger partial charge in [-0.25, -0.2) is 4.98 Å². The Labute approximate surface area is 227 Å². The minimum atomic E-state index is -0.0114. The Balaban J connectivity index is 1.21. The lowest BCUT2D eigenvalue weighted by atomic mass is 9.58. The van der Waals surface area contributed by atoms with E-state index in [0.717, 1.165) is 52.3 Å². The summed E-state index contributed by atoms with van der Waals surface area (Å²) < 4.78 is 13.5. The molecule has 9 heteroatoms. The second kappa shape index (κ2) is 9.50. The molecule has 39 heavy (non-hydrogen) atoms. The number of amides is 1. The summed E-state index contributed by atoms with van der Waals surface area (Å²) in [5, 5.41) is 12.0. The molecule has 2 aromatic carbocycles. The zero-order valence-corrected chi connectivity index (χ0v) is 22.5. The fourth-order valence-electron chi connectivity index (χ4n) is 6.50. The van der Waals surface area contributed by atoms with Crippen molar-refractivity contribution in [3.05, 3.63) is 54.0 Å². The van der Waals surface area contributed by atoms with Gasteiger partial charge < -0.3 is 24.3 Å². The van der Waals surface area contributed by atoms with Gasteiger partial charge in [-0.1, -0.05) is 6.07 Å². The van der Waals surface area contributed by atoms with Crippen LogP contribution in [0.15, 0.2) is 42.6 Å². The lowest BCUT2D eigenvalue weighted by Gasteiger charge is -2.54. The number of nitrogens with zero attached hydrogens (tertiary/aromatic N) is 4. The van der Waals surface area contributed by atoms with E-state index >= 15 is 0 Å². The number of morpholine rings is 1. The number of aromatic nitrogens is 4. The van der Waals surface area contributed by atoms with E-state index in [1.54, 1.807) is 4.90 Å². The molecular weight excluding hydrogens is 492 g/mol. The molecule has 1 spiro atoms. The van der Waals surface area contributed by atoms with E-state index in [0.29, 0.717) is 43.4 Å². The fourth-order valence-corrected chi connectivity index (χ4v) is 6.50. The Morgan fingerprint density at radius 1 is 1.13 bits per heavy atom. The van der Waals surface area contributed by atoms with Crippen LogP contribution in [-0.4, -0.2) is 76.6 Å². The molecular formula is C30H34N6O3. The van der Waals surface area contributed by atoms with Crippen LogP contribution in [0, 0.1) is 12.3 Å². The Kier molecular flexibility index (Phi) is 5.93. The van der Waals surface area contributed by atoms with E-state index in [9.17, 15) is 4.79 Å². The summed E-state index contributed by atoms with van der Waals surface area (Å²) in [5.41, 5.74) is 6.93. The molecule has 7 rings (SSSR count). The molecule has 0 radical (unpaired) electrons. The monoisotopic (exact) mass is 526 g/mol. The molecule has 2 aromatic heterocycles. The van der Waals surface area contributed by atoms with Gasteiger partial charge in [0.1, 0.15) is 11.6 Å². The molecule has 3 aliphatic rings. The highest BCUT2D eigenvalue weighted by molar-refractivity contribution is 5.98. The van der Waals surface area contributed by atoms with Crippen LogP contribution in [0.1, 0.15) is 30.1 Å². The molecule has 1 saturated carbocycles. The number of aryl methyl sites for hydroxylation is 1. The van der Waals surface area contributed by atoms with Crippen LogP contribution >= 0.6 is 0 Å². The van der Waals surface area contributed by atoms with Gasteiger partial charge in [0, 0.05) is 55.7 Å². The van der Waals surface area contributed by atoms with Crippen molar-refractivity contribution in [2.24, 2.45) is 12.5 Å². The average molecular weight is 527 g/mol. The van der Waals surface area contributed by atoms with Crippen molar-refractivity contribution in [3.63, 3.8) is 0 Å². The number of H-pyrrole nitrogens is 1. The zero-order chi connectivity index (χ0) is 26.6. The Bertz CT molecular complexity index is 1520. The molecule has 3 fully saturated rings. The summed E-state index contributed by atoms with van der Waals surface area (Å²) in [5.74, 6) is 2.27. The Morgan fingerprint density at radius 3 is 2.62 bits per heavy atom. The number of aromatic amines is 1. The number of benzene rings is 2. The summed E-state index contributed by atoms with van der Waals surface area (Å²) in [6.45, 7) is 6.82. The maximum atomic E-state index is 12.5. The van der Waals surface area contributed by atoms with Crippen molar-refractivity contribution < 1.29 is 14.3 Å². The largest absolute Gasteiger partial charge is 0.484 e. The van der Waals surface area contributed by atoms with Gasteiger partial charge in [0.15, 0.2) is 6.61 Å². The van der Waals surface area contributed by atoms with Crippen LogP contribution in [-0.2, 0) is 16.6 Å². The minimum Gasteiger partial charge on any atom is -0.484 e. The first-order valence-electron chi connectivity index (χ1n) is 13.8. The summed E-state index contributed by atoms with van der Waals surface area (Å²) >= 11 is 0. The van der Waals surface area contributed by atoms with Crippen LogP contribution in [0.3, 0.4) is 0 Å². The number of rotatable bonds is 6. The number of hydrogen-bond donors (Lipinski definition) is 2. The molecule has 0 unspecified atom stereocenters. The zero-order valence-electron chi connectivity index (χ0n) is 22.5. The molecule has 0 atom stereocenters. The van der Waals surface area contributed by atoms with E-state index < -0.39 is 0 Å². The molecule has 1 amide bonds. The first-order chi connectivity index (χ1) is 19.0. The van der Waals surface area contributed by atoms with Gasteiger partial charge in [-0.2, -0.15) is 5.10 Å². The average Bonchev–Trinajstić information content (AvgIpc) is 3.52. The summed E-state index contributed by atoms with van der Waals surface area (Å²) in [7, 11) is 2.15. The Morgan fingerprint density at radius 2 is 1.90 bits per heavy atom. The standard InChI is InChI=1S/C30H34N6O3/c1-19-3-8-24-23(15-32-34-24)26(19)28-27(33-29(35(28)2)21-13-30(14-21)17-31-18-30)20-4-6-22(7-5-20)39-16-25(37)36-9-11-38-12-10-36/h3-8,15,21,31H,9-14,16-18H2,1-2H3,(H,32,34). The van der Waals surface area contributed by atoms with Crippen molar-refractivity contribution in [3.8, 4) is 28.3 Å². The summed E-state index contributed by atoms with van der Waals surface area (Å²) in [6.07, 6.45) is 4.28. The van der Waals surface area contributed by atoms with E-state index in [1.807, 2.05) is 30.5 Å². The maximum Gasteiger partial charge on any atom is 0.260 e. The van der Waals surface area contributed by atoms with Crippen LogP contribution in [0.5, 0.6) is 5.75 Å². The predicted octanol–water partition coefficient (Wildman–Crippen LogP) is 3.64. The molecule has 2 N–H and O–H groups in total. The predicted molar refractivity (Wildman–Crippen MR) is 149 cm³/mol. The highest BCUT2D eigenvalue weighted by Crippen LogP contribution is 2.54. The third-order valence-corrected chi connectivity index (χ3v) is 8.78. The summed E-state index contributed by atoms with van der Waals surface area (Å²) in [6, 6.07) is 12.2. The lowest BCUT2D eigenvalue weighted by molar-refractivity contribution is -0.137. The van der Waals surface area contributed by atoms with Crippen molar-refractivity contribution in [1.82, 2.24) is 30.0 Å². The normalized spacial score (nSPS) is 18.8. The van der Waals surface area contributed by atoms with Crippen LogP contribution in [0.2, 0.25) is 0 Å². The van der Waals surface area contributed by atoms with Gasteiger partial charge in [0.2, 0.25) is 0 Å². The van der Waals surface area contributed by atoms with Crippen LogP contribution in [0.4, 0.5) is 0 Å². The van der Waals surface area contributed by atoms with Crippen molar-refractivity contribution in [2.75, 3.05) is 46.0 Å². The summed E-state index contributed by atoms with van der Waals surface area (Å²) in [4.78, 5) is 19.6. The van der Waals surface area contributed by atoms with Gasteiger partial charge in [-0.15, -0.1) is 0 Å². The molecule has 2 saturated heterocycles. The number of fused-ring (bicyclic) bond motifs is 1. The van der Waals surface area contributed by atoms with Crippen LogP contribution < -0.4 is 10.1 Å². The minimum absolute atomic E-state index is 0.0114. The first kappa shape index (κ1) is 24.4. The quantitative estimate of drug-likeness (QED) is 0.398. The van der Waals surface area contributed by atoms with E-state index in [-0.39, 0.29) is 12.5 Å². The molecule has 9 nitrogen and oxygen atoms in total. The number of hydrogen-bond acceptors (Lipinski definition) is 6. The highest BCUT2D eigenvalue weighted by Gasteiger charge is 2.50. The fraction of sp³-hybridized carbons (Fsp3) is 0.433. The van der Waals surface area contributed by atoms with E-state index in [1.165, 1.54) is 18.4 Å². The SMILES string of the molecule is Cc1ccc2[nH]ncc2c1-c1c(-c2ccc(OCC(=O)N3CCOCC3)cc2)nc(C2CC3(CNC3)C2)n1C. The lowest BCUT2D eigenvalue weighted by Crippen LogP contribution is -2.59. The molecule has 1 aliphatic carbocycles. The number of carbonyl (C=O) groups excluding carboxylic acids is 1. The third kappa shape index (κ3) is 4.20. The number of ether oxygens (including phenoxy) is 2. The number of imidazole rings is 1. The second-order valence-electron chi connectivity index (χ2n) is 11.3. The van der Waals surface area contributed by atoms with Crippen molar-refractivity contribution in [1.29, 1.82) is 0 Å². The van der Waals surface area contributed by atoms with Gasteiger partial charge in [0.25, 0.3) is 5.91 Å². The van der Waals surface area contributed by atoms with Crippen LogP contribution in [0.25, 0.3) is 33.4 Å². The van der Waals surface area contributed by atoms with E-state index in [2.05, 4.69) is 46.2 Å². The van der Waals surface area contributed by atoms with Gasteiger partial charge >= 0.3 is 0 Å². The van der Waals surface area contributed by atoms with Crippen molar-refractivity contribution >= 4 is 16.8 Å². The molecule has 4 heterocycles. The highest BCUT2D eigenvalue weighted by atomic mass is 16.5. The molecule has 202 valence electrons. The third-order valence-electron chi connectivity index (χ3n) is 8.78. The second-order valence-corrected chi connectivity index (χ2v) is 11.3. The number of nitrogens with one attached hydrogen (secondary N) is 2. The molecule has 2 aliphatic heterocycles. The van der Waals surface area contributed by atoms with E-state index in [4.69, 9.17) is 14.5 Å². The topological polar surface area (TPSA) is 97.3 Å². The van der Waals surface area contributed by atoms with Crippen molar-refractivity contribution in [2.45, 2.75) is 25.7 Å². The smallest absolute Gasteiger partial charge is 0.260 e. The molecule has 4 aromatic rings. The first-order valence-corrected chi connectivity index (χ1v) is 13.8. The van der Waals surface area contributed by atoms with Gasteiger partial charge in [-0.3, -0.25) is 9.89 Å². The molecule has 0 bridgehead atoms. The Hall–Kier alpha value is -3.69.